The molecule has 1 aliphatic rings. The summed E-state index contributed by atoms with van der Waals surface area (Å²) in [6.07, 6.45) is 0.358. The van der Waals surface area contributed by atoms with Crippen LogP contribution in [-0.4, -0.2) is 23.0 Å². The first-order chi connectivity index (χ1) is 6.68. The fraction of sp³-hybridized carbons (Fsp3) is 0.200. The third-order valence-corrected chi connectivity index (χ3v) is 2.29. The number of aliphatic carboxylic acids is 1. The quantitative estimate of drug-likeness (QED) is 0.676. The predicted molar refractivity (Wildman–Crippen MR) is 49.0 cm³/mol. The van der Waals surface area contributed by atoms with E-state index in [1.165, 1.54) is 0 Å². The second-order valence-electron chi connectivity index (χ2n) is 3.23. The highest BCUT2D eigenvalue weighted by atomic mass is 16.4. The highest BCUT2D eigenvalue weighted by Gasteiger charge is 2.27. The van der Waals surface area contributed by atoms with Gasteiger partial charge in [0.15, 0.2) is 0 Å². The molecule has 0 unspecified atom stereocenters. The molecular weight excluding hydrogens is 182 g/mol. The predicted octanol–water partition coefficient (Wildman–Crippen LogP) is 0.426. The average molecular weight is 191 g/mol. The second-order valence-corrected chi connectivity index (χ2v) is 3.23. The molecule has 0 saturated carbocycles. The van der Waals surface area contributed by atoms with E-state index in [1.807, 2.05) is 0 Å². The topological polar surface area (TPSA) is 66.4 Å². The lowest BCUT2D eigenvalue weighted by Crippen LogP contribution is -2.46. The molecule has 4 heteroatoms. The zero-order valence-electron chi connectivity index (χ0n) is 7.36. The van der Waals surface area contributed by atoms with Crippen molar-refractivity contribution in [2.24, 2.45) is 0 Å². The van der Waals surface area contributed by atoms with E-state index in [9.17, 15) is 9.59 Å². The molecule has 1 atom stereocenters. The van der Waals surface area contributed by atoms with E-state index in [1.54, 1.807) is 24.3 Å². The normalized spacial score (nSPS) is 19.7. The van der Waals surface area contributed by atoms with Crippen LogP contribution in [0.15, 0.2) is 24.3 Å². The number of carbonyl (C=O) groups excluding carboxylic acids is 1. The van der Waals surface area contributed by atoms with Gasteiger partial charge in [-0.3, -0.25) is 4.79 Å². The van der Waals surface area contributed by atoms with Crippen LogP contribution >= 0.6 is 0 Å². The van der Waals surface area contributed by atoms with Crippen LogP contribution in [-0.2, 0) is 11.2 Å². The summed E-state index contributed by atoms with van der Waals surface area (Å²) in [6.45, 7) is 0. The number of nitrogens with one attached hydrogen (secondary N) is 1. The fourth-order valence-electron chi connectivity index (χ4n) is 1.58. The Kier molecular flexibility index (Phi) is 1.96. The summed E-state index contributed by atoms with van der Waals surface area (Å²) in [5, 5.41) is 11.2. The highest BCUT2D eigenvalue weighted by Crippen LogP contribution is 2.16. The Morgan fingerprint density at radius 2 is 2.14 bits per heavy atom. The largest absolute Gasteiger partial charge is 0.480 e. The van der Waals surface area contributed by atoms with Gasteiger partial charge in [-0.1, -0.05) is 18.2 Å². The van der Waals surface area contributed by atoms with E-state index in [-0.39, 0.29) is 5.91 Å². The molecule has 0 bridgehead atoms. The van der Waals surface area contributed by atoms with Gasteiger partial charge < -0.3 is 10.4 Å². The van der Waals surface area contributed by atoms with Gasteiger partial charge in [0.25, 0.3) is 5.91 Å². The van der Waals surface area contributed by atoms with Crippen LogP contribution in [0.1, 0.15) is 15.9 Å². The van der Waals surface area contributed by atoms with Crippen molar-refractivity contribution in [2.45, 2.75) is 12.5 Å². The first-order valence-electron chi connectivity index (χ1n) is 4.30. The number of amides is 1. The molecule has 0 spiro atoms. The van der Waals surface area contributed by atoms with Gasteiger partial charge in [0.1, 0.15) is 6.04 Å². The Balaban J connectivity index is 2.38. The second kappa shape index (κ2) is 3.14. The molecule has 0 saturated heterocycles. The molecule has 4 nitrogen and oxygen atoms in total. The SMILES string of the molecule is O=C1N[C@@H](C(=O)O)Cc2ccccc21. The standard InChI is InChI=1S/C10H9NO3/c12-9-7-4-2-1-3-6(7)5-8(11-9)10(13)14/h1-4,8H,5H2,(H,11,12)(H,13,14)/t8-/m1/s1. The van der Waals surface area contributed by atoms with E-state index >= 15 is 0 Å². The molecule has 1 aromatic carbocycles. The fourth-order valence-corrected chi connectivity index (χ4v) is 1.58. The number of carboxylic acid groups (broad SMARTS) is 1. The minimum Gasteiger partial charge on any atom is -0.480 e. The molecule has 2 rings (SSSR count). The minimum absolute atomic E-state index is 0.306. The number of fused-ring (bicyclic) bond motifs is 1. The molecule has 1 aliphatic heterocycles. The first kappa shape index (κ1) is 8.74. The van der Waals surface area contributed by atoms with Crippen molar-refractivity contribution in [3.63, 3.8) is 0 Å². The zero-order chi connectivity index (χ0) is 10.1. The van der Waals surface area contributed by atoms with Crippen molar-refractivity contribution < 1.29 is 14.7 Å². The Morgan fingerprint density at radius 3 is 2.86 bits per heavy atom. The average Bonchev–Trinajstić information content (AvgIpc) is 2.17. The summed E-state index contributed by atoms with van der Waals surface area (Å²) in [5.41, 5.74) is 1.37. The van der Waals surface area contributed by atoms with Crippen molar-refractivity contribution in [3.05, 3.63) is 35.4 Å². The van der Waals surface area contributed by atoms with Gasteiger partial charge in [-0.2, -0.15) is 0 Å². The van der Waals surface area contributed by atoms with Crippen LogP contribution in [0.25, 0.3) is 0 Å². The lowest BCUT2D eigenvalue weighted by molar-refractivity contribution is -0.139. The maximum absolute atomic E-state index is 11.4. The molecule has 72 valence electrons. The Hall–Kier alpha value is -1.84. The highest BCUT2D eigenvalue weighted by molar-refractivity contribution is 5.99. The smallest absolute Gasteiger partial charge is 0.326 e. The van der Waals surface area contributed by atoms with E-state index in [0.717, 1.165) is 5.56 Å². The van der Waals surface area contributed by atoms with Crippen molar-refractivity contribution in [1.82, 2.24) is 5.32 Å². The van der Waals surface area contributed by atoms with E-state index in [0.29, 0.717) is 12.0 Å². The molecule has 0 aliphatic carbocycles. The van der Waals surface area contributed by atoms with Gasteiger partial charge in [-0.15, -0.1) is 0 Å². The minimum atomic E-state index is -0.993. The number of carboxylic acids is 1. The molecule has 0 radical (unpaired) electrons. The van der Waals surface area contributed by atoms with Crippen molar-refractivity contribution in [3.8, 4) is 0 Å². The monoisotopic (exact) mass is 191 g/mol. The number of hydrogen-bond acceptors (Lipinski definition) is 2. The summed E-state index contributed by atoms with van der Waals surface area (Å²) < 4.78 is 0. The van der Waals surface area contributed by atoms with E-state index < -0.39 is 12.0 Å². The summed E-state index contributed by atoms with van der Waals surface area (Å²) in [5.74, 6) is -1.30. The van der Waals surface area contributed by atoms with Crippen LogP contribution in [0.5, 0.6) is 0 Å². The molecule has 2 N–H and O–H groups in total. The van der Waals surface area contributed by atoms with Crippen molar-refractivity contribution in [1.29, 1.82) is 0 Å². The Morgan fingerprint density at radius 1 is 1.43 bits per heavy atom. The molecular formula is C10H9NO3. The number of rotatable bonds is 1. The van der Waals surface area contributed by atoms with E-state index in [2.05, 4.69) is 5.32 Å². The van der Waals surface area contributed by atoms with Crippen molar-refractivity contribution >= 4 is 11.9 Å². The third kappa shape index (κ3) is 1.35. The molecule has 14 heavy (non-hydrogen) atoms. The van der Waals surface area contributed by atoms with Gasteiger partial charge >= 0.3 is 5.97 Å². The molecule has 1 aromatic rings. The summed E-state index contributed by atoms with van der Waals surface area (Å²) in [6, 6.07) is 6.25. The molecule has 0 aromatic heterocycles. The summed E-state index contributed by atoms with van der Waals surface area (Å²) in [4.78, 5) is 22.1. The first-order valence-corrected chi connectivity index (χ1v) is 4.30. The summed E-state index contributed by atoms with van der Waals surface area (Å²) in [7, 11) is 0. The van der Waals surface area contributed by atoms with Crippen molar-refractivity contribution in [2.75, 3.05) is 0 Å². The van der Waals surface area contributed by atoms with Crippen LogP contribution in [0.4, 0.5) is 0 Å². The number of benzene rings is 1. The maximum Gasteiger partial charge on any atom is 0.326 e. The Bertz CT molecular complexity index is 400. The van der Waals surface area contributed by atoms with Gasteiger partial charge in [0.2, 0.25) is 0 Å². The maximum atomic E-state index is 11.4. The molecule has 1 heterocycles. The van der Waals surface area contributed by atoms with Crippen LogP contribution in [0.3, 0.4) is 0 Å². The van der Waals surface area contributed by atoms with Gasteiger partial charge in [-0.05, 0) is 11.6 Å². The van der Waals surface area contributed by atoms with Gasteiger partial charge in [-0.25, -0.2) is 4.79 Å². The molecule has 1 amide bonds. The van der Waals surface area contributed by atoms with Crippen LogP contribution < -0.4 is 5.32 Å². The van der Waals surface area contributed by atoms with Crippen LogP contribution in [0.2, 0.25) is 0 Å². The zero-order valence-corrected chi connectivity index (χ0v) is 7.36. The Labute approximate surface area is 80.6 Å². The third-order valence-electron chi connectivity index (χ3n) is 2.29. The van der Waals surface area contributed by atoms with Crippen LogP contribution in [0, 0.1) is 0 Å². The van der Waals surface area contributed by atoms with Gasteiger partial charge in [0.05, 0.1) is 0 Å². The van der Waals surface area contributed by atoms with Gasteiger partial charge in [0, 0.05) is 12.0 Å². The number of hydrogen-bond donors (Lipinski definition) is 2. The lowest BCUT2D eigenvalue weighted by Gasteiger charge is -2.22. The number of carbonyl (C=O) groups is 2. The molecule has 0 fully saturated rings. The van der Waals surface area contributed by atoms with E-state index in [4.69, 9.17) is 5.11 Å². The summed E-state index contributed by atoms with van der Waals surface area (Å²) >= 11 is 0. The lowest BCUT2D eigenvalue weighted by atomic mass is 9.95.